The molecule has 0 saturated heterocycles. The van der Waals surface area contributed by atoms with Crippen molar-refractivity contribution in [2.24, 2.45) is 5.92 Å². The maximum atomic E-state index is 9.82. The van der Waals surface area contributed by atoms with Gasteiger partial charge in [-0.1, -0.05) is 31.5 Å². The third-order valence-corrected chi connectivity index (χ3v) is 2.19. The van der Waals surface area contributed by atoms with E-state index < -0.39 is 6.10 Å². The van der Waals surface area contributed by atoms with Gasteiger partial charge in [-0.05, 0) is 18.9 Å². The van der Waals surface area contributed by atoms with E-state index in [-0.39, 0.29) is 5.92 Å². The van der Waals surface area contributed by atoms with Gasteiger partial charge in [0, 0.05) is 11.3 Å². The number of hydrogen-bond donors (Lipinski definition) is 2. The van der Waals surface area contributed by atoms with Crippen LogP contribution in [0.1, 0.15) is 31.1 Å². The third-order valence-electron chi connectivity index (χ3n) is 2.19. The lowest BCUT2D eigenvalue weighted by molar-refractivity contribution is 0.127. The molecular weight excluding hydrogens is 162 g/mol. The Morgan fingerprint density at radius 2 is 1.92 bits per heavy atom. The van der Waals surface area contributed by atoms with E-state index in [9.17, 15) is 5.11 Å². The average molecular weight is 179 g/mol. The summed E-state index contributed by atoms with van der Waals surface area (Å²) in [5.74, 6) is 0.198. The Balaban J connectivity index is 3.05. The van der Waals surface area contributed by atoms with Gasteiger partial charge < -0.3 is 10.8 Å². The number of aliphatic hydroxyl groups excluding tert-OH is 1. The van der Waals surface area contributed by atoms with E-state index in [4.69, 9.17) is 5.73 Å². The van der Waals surface area contributed by atoms with Crippen LogP contribution in [0.15, 0.2) is 18.2 Å². The first-order chi connectivity index (χ1) is 6.02. The summed E-state index contributed by atoms with van der Waals surface area (Å²) >= 11 is 0. The van der Waals surface area contributed by atoms with Crippen LogP contribution in [0.2, 0.25) is 0 Å². The van der Waals surface area contributed by atoms with E-state index in [1.54, 1.807) is 0 Å². The number of anilines is 1. The topological polar surface area (TPSA) is 46.2 Å². The number of nitrogens with two attached hydrogens (primary N) is 1. The summed E-state index contributed by atoms with van der Waals surface area (Å²) in [6.07, 6.45) is -0.458. The highest BCUT2D eigenvalue weighted by Crippen LogP contribution is 2.26. The minimum Gasteiger partial charge on any atom is -0.398 e. The molecule has 1 atom stereocenters. The van der Waals surface area contributed by atoms with Gasteiger partial charge in [0.2, 0.25) is 0 Å². The van der Waals surface area contributed by atoms with Crippen LogP contribution >= 0.6 is 0 Å². The van der Waals surface area contributed by atoms with Crippen LogP contribution < -0.4 is 5.73 Å². The van der Waals surface area contributed by atoms with Crippen molar-refractivity contribution >= 4 is 5.69 Å². The molecule has 13 heavy (non-hydrogen) atoms. The molecule has 0 radical (unpaired) electrons. The Labute approximate surface area is 79.4 Å². The zero-order valence-corrected chi connectivity index (χ0v) is 8.41. The molecule has 0 spiro atoms. The molecule has 0 amide bonds. The summed E-state index contributed by atoms with van der Waals surface area (Å²) < 4.78 is 0. The number of rotatable bonds is 2. The number of aliphatic hydroxyl groups is 1. The zero-order valence-electron chi connectivity index (χ0n) is 8.41. The molecule has 3 N–H and O–H groups in total. The minimum absolute atomic E-state index is 0.198. The molecule has 1 rings (SSSR count). The SMILES string of the molecule is Cc1ccc(N)c(C(O)C(C)C)c1. The van der Waals surface area contributed by atoms with Gasteiger partial charge in [0.25, 0.3) is 0 Å². The average Bonchev–Trinajstić information content (AvgIpc) is 2.08. The highest BCUT2D eigenvalue weighted by Gasteiger charge is 2.14. The third kappa shape index (κ3) is 2.22. The molecule has 0 aliphatic carbocycles. The summed E-state index contributed by atoms with van der Waals surface area (Å²) in [4.78, 5) is 0. The van der Waals surface area contributed by atoms with Gasteiger partial charge in [-0.2, -0.15) is 0 Å². The summed E-state index contributed by atoms with van der Waals surface area (Å²) in [6, 6.07) is 5.74. The van der Waals surface area contributed by atoms with Gasteiger partial charge in [-0.25, -0.2) is 0 Å². The highest BCUT2D eigenvalue weighted by molar-refractivity contribution is 5.49. The molecule has 0 aromatic heterocycles. The molecule has 0 aliphatic rings. The molecule has 0 aliphatic heterocycles. The molecule has 2 heteroatoms. The largest absolute Gasteiger partial charge is 0.398 e. The maximum Gasteiger partial charge on any atom is 0.0832 e. The Hall–Kier alpha value is -1.02. The number of hydrogen-bond acceptors (Lipinski definition) is 2. The Morgan fingerprint density at radius 3 is 2.46 bits per heavy atom. The Morgan fingerprint density at radius 1 is 1.31 bits per heavy atom. The Kier molecular flexibility index (Phi) is 2.94. The monoisotopic (exact) mass is 179 g/mol. The van der Waals surface area contributed by atoms with Gasteiger partial charge in [0.15, 0.2) is 0 Å². The molecule has 0 saturated carbocycles. The summed E-state index contributed by atoms with van der Waals surface area (Å²) in [5.41, 5.74) is 8.41. The molecule has 1 unspecified atom stereocenters. The van der Waals surface area contributed by atoms with Gasteiger partial charge in [-0.3, -0.25) is 0 Å². The molecular formula is C11H17NO. The van der Waals surface area contributed by atoms with Crippen molar-refractivity contribution in [2.45, 2.75) is 26.9 Å². The van der Waals surface area contributed by atoms with Crippen molar-refractivity contribution in [1.29, 1.82) is 0 Å². The highest BCUT2D eigenvalue weighted by atomic mass is 16.3. The second-order valence-corrected chi connectivity index (χ2v) is 3.82. The second-order valence-electron chi connectivity index (χ2n) is 3.82. The number of benzene rings is 1. The summed E-state index contributed by atoms with van der Waals surface area (Å²) in [6.45, 7) is 5.95. The van der Waals surface area contributed by atoms with Gasteiger partial charge >= 0.3 is 0 Å². The fraction of sp³-hybridized carbons (Fsp3) is 0.455. The van der Waals surface area contributed by atoms with E-state index in [0.29, 0.717) is 5.69 Å². The first-order valence-electron chi connectivity index (χ1n) is 4.56. The van der Waals surface area contributed by atoms with Crippen molar-refractivity contribution in [1.82, 2.24) is 0 Å². The predicted molar refractivity (Wildman–Crippen MR) is 55.4 cm³/mol. The number of aryl methyl sites for hydroxylation is 1. The van der Waals surface area contributed by atoms with Crippen LogP contribution in [0.25, 0.3) is 0 Å². The van der Waals surface area contributed by atoms with Gasteiger partial charge in [0.1, 0.15) is 0 Å². The molecule has 2 nitrogen and oxygen atoms in total. The molecule has 0 heterocycles. The maximum absolute atomic E-state index is 9.82. The van der Waals surface area contributed by atoms with Crippen LogP contribution in [-0.2, 0) is 0 Å². The zero-order chi connectivity index (χ0) is 10.0. The minimum atomic E-state index is -0.458. The lowest BCUT2D eigenvalue weighted by Crippen LogP contribution is -2.08. The van der Waals surface area contributed by atoms with E-state index >= 15 is 0 Å². The standard InChI is InChI=1S/C11H17NO/c1-7(2)11(13)9-6-8(3)4-5-10(9)12/h4-7,11,13H,12H2,1-3H3. The molecule has 1 aromatic rings. The fourth-order valence-electron chi connectivity index (χ4n) is 1.31. The molecule has 0 bridgehead atoms. The second kappa shape index (κ2) is 3.79. The van der Waals surface area contributed by atoms with Crippen LogP contribution in [0, 0.1) is 12.8 Å². The van der Waals surface area contributed by atoms with E-state index in [0.717, 1.165) is 11.1 Å². The first-order valence-corrected chi connectivity index (χ1v) is 4.56. The van der Waals surface area contributed by atoms with Crippen molar-refractivity contribution < 1.29 is 5.11 Å². The number of nitrogen functional groups attached to an aromatic ring is 1. The lowest BCUT2D eigenvalue weighted by atomic mass is 9.96. The van der Waals surface area contributed by atoms with Crippen LogP contribution in [-0.4, -0.2) is 5.11 Å². The van der Waals surface area contributed by atoms with E-state index in [2.05, 4.69) is 0 Å². The van der Waals surface area contributed by atoms with Crippen molar-refractivity contribution in [3.8, 4) is 0 Å². The molecule has 72 valence electrons. The summed E-state index contributed by atoms with van der Waals surface area (Å²) in [7, 11) is 0. The quantitative estimate of drug-likeness (QED) is 0.684. The Bertz CT molecular complexity index is 294. The van der Waals surface area contributed by atoms with Crippen molar-refractivity contribution in [3.63, 3.8) is 0 Å². The van der Waals surface area contributed by atoms with Crippen LogP contribution in [0.3, 0.4) is 0 Å². The van der Waals surface area contributed by atoms with E-state index in [1.165, 1.54) is 0 Å². The van der Waals surface area contributed by atoms with Gasteiger partial charge in [-0.15, -0.1) is 0 Å². The van der Waals surface area contributed by atoms with Crippen molar-refractivity contribution in [2.75, 3.05) is 5.73 Å². The fourth-order valence-corrected chi connectivity index (χ4v) is 1.31. The van der Waals surface area contributed by atoms with E-state index in [1.807, 2.05) is 39.0 Å². The van der Waals surface area contributed by atoms with Gasteiger partial charge in [0.05, 0.1) is 6.10 Å². The molecule has 0 fully saturated rings. The normalized spacial score (nSPS) is 13.3. The van der Waals surface area contributed by atoms with Crippen molar-refractivity contribution in [3.05, 3.63) is 29.3 Å². The predicted octanol–water partition coefficient (Wildman–Crippen LogP) is 2.27. The first kappa shape index (κ1) is 10.1. The smallest absolute Gasteiger partial charge is 0.0832 e. The lowest BCUT2D eigenvalue weighted by Gasteiger charge is -2.17. The van der Waals surface area contributed by atoms with Crippen LogP contribution in [0.4, 0.5) is 5.69 Å². The van der Waals surface area contributed by atoms with Crippen LogP contribution in [0.5, 0.6) is 0 Å². The molecule has 1 aromatic carbocycles. The summed E-state index contributed by atoms with van der Waals surface area (Å²) in [5, 5.41) is 9.82.